The number of benzene rings is 1. The summed E-state index contributed by atoms with van der Waals surface area (Å²) in [5, 5.41) is 14.2. The molecule has 3 nitrogen and oxygen atoms in total. The molecule has 94 valence electrons. The minimum Gasteiger partial charge on any atom is -0.508 e. The number of hydrogen-bond acceptors (Lipinski definition) is 3. The number of hydrogen-bond donors (Lipinski definition) is 2. The second-order valence-corrected chi connectivity index (χ2v) is 5.10. The second kappa shape index (κ2) is 4.58. The van der Waals surface area contributed by atoms with E-state index in [2.05, 4.69) is 16.4 Å². The van der Waals surface area contributed by atoms with Crippen molar-refractivity contribution < 1.29 is 5.11 Å². The Kier molecular flexibility index (Phi) is 2.92. The topological polar surface area (TPSA) is 45.1 Å². The van der Waals surface area contributed by atoms with Crippen molar-refractivity contribution in [1.29, 1.82) is 0 Å². The van der Waals surface area contributed by atoms with Crippen molar-refractivity contribution in [3.8, 4) is 5.75 Å². The number of aromatic hydroxyl groups is 1. The second-order valence-electron chi connectivity index (χ2n) is 5.10. The molecular weight excluding hydrogens is 224 g/mol. The van der Waals surface area contributed by atoms with Crippen molar-refractivity contribution >= 4 is 10.9 Å². The molecule has 1 unspecified atom stereocenters. The van der Waals surface area contributed by atoms with Gasteiger partial charge in [0, 0.05) is 17.6 Å². The van der Waals surface area contributed by atoms with E-state index >= 15 is 0 Å². The number of rotatable bonds is 1. The van der Waals surface area contributed by atoms with Crippen molar-refractivity contribution in [3.63, 3.8) is 0 Å². The first-order valence-electron chi connectivity index (χ1n) is 6.55. The maximum absolute atomic E-state index is 9.68. The zero-order chi connectivity index (χ0) is 12.5. The molecule has 0 aliphatic carbocycles. The predicted octanol–water partition coefficient (Wildman–Crippen LogP) is 2.72. The molecule has 2 heterocycles. The van der Waals surface area contributed by atoms with E-state index in [-0.39, 0.29) is 0 Å². The van der Waals surface area contributed by atoms with E-state index in [1.165, 1.54) is 18.4 Å². The molecule has 0 spiro atoms. The Bertz CT molecular complexity index is 574. The van der Waals surface area contributed by atoms with Gasteiger partial charge in [0.05, 0.1) is 5.52 Å². The van der Waals surface area contributed by atoms with E-state index in [9.17, 15) is 5.11 Å². The molecular formula is C15H18N2O. The fraction of sp³-hybridized carbons (Fsp3) is 0.400. The van der Waals surface area contributed by atoms with E-state index in [0.717, 1.165) is 29.7 Å². The maximum atomic E-state index is 9.68. The van der Waals surface area contributed by atoms with Crippen molar-refractivity contribution in [2.45, 2.75) is 25.7 Å². The quantitative estimate of drug-likeness (QED) is 0.808. The van der Waals surface area contributed by atoms with Crippen LogP contribution < -0.4 is 5.32 Å². The fourth-order valence-electron chi connectivity index (χ4n) is 2.83. The summed E-state index contributed by atoms with van der Waals surface area (Å²) in [4.78, 5) is 4.54. The highest BCUT2D eigenvalue weighted by Crippen LogP contribution is 2.31. The van der Waals surface area contributed by atoms with Crippen molar-refractivity contribution in [2.24, 2.45) is 0 Å². The van der Waals surface area contributed by atoms with Gasteiger partial charge in [0.15, 0.2) is 0 Å². The summed E-state index contributed by atoms with van der Waals surface area (Å²) in [5.41, 5.74) is 3.35. The summed E-state index contributed by atoms with van der Waals surface area (Å²) in [5.74, 6) is 0.850. The molecule has 1 aliphatic rings. The van der Waals surface area contributed by atoms with Crippen LogP contribution in [-0.4, -0.2) is 23.2 Å². The van der Waals surface area contributed by atoms with Crippen LogP contribution in [0.3, 0.4) is 0 Å². The summed E-state index contributed by atoms with van der Waals surface area (Å²) in [6, 6.07) is 7.61. The number of aromatic nitrogens is 1. The van der Waals surface area contributed by atoms with Gasteiger partial charge in [-0.05, 0) is 62.1 Å². The molecule has 1 saturated heterocycles. The Balaban J connectivity index is 2.16. The summed E-state index contributed by atoms with van der Waals surface area (Å²) < 4.78 is 0. The van der Waals surface area contributed by atoms with Gasteiger partial charge < -0.3 is 10.4 Å². The molecule has 2 N–H and O–H groups in total. The first kappa shape index (κ1) is 11.5. The van der Waals surface area contributed by atoms with Crippen LogP contribution >= 0.6 is 0 Å². The molecule has 1 aromatic heterocycles. The van der Waals surface area contributed by atoms with Crippen LogP contribution in [-0.2, 0) is 0 Å². The van der Waals surface area contributed by atoms with Crippen LogP contribution in [0.25, 0.3) is 10.9 Å². The van der Waals surface area contributed by atoms with Gasteiger partial charge in [0.2, 0.25) is 0 Å². The van der Waals surface area contributed by atoms with Gasteiger partial charge in [-0.3, -0.25) is 4.98 Å². The van der Waals surface area contributed by atoms with E-state index in [4.69, 9.17) is 0 Å². The molecule has 0 bridgehead atoms. The highest BCUT2D eigenvalue weighted by molar-refractivity contribution is 5.84. The van der Waals surface area contributed by atoms with Crippen LogP contribution in [0, 0.1) is 6.92 Å². The highest BCUT2D eigenvalue weighted by Gasteiger charge is 2.18. The molecule has 2 aromatic rings. The molecule has 3 rings (SSSR count). The highest BCUT2D eigenvalue weighted by atomic mass is 16.3. The average molecular weight is 242 g/mol. The van der Waals surface area contributed by atoms with Gasteiger partial charge in [0.1, 0.15) is 5.75 Å². The normalized spacial score (nSPS) is 20.2. The molecule has 0 radical (unpaired) electrons. The summed E-state index contributed by atoms with van der Waals surface area (Å²) >= 11 is 0. The zero-order valence-corrected chi connectivity index (χ0v) is 10.6. The number of phenolic OH excluding ortho intramolecular Hbond substituents is 1. The lowest BCUT2D eigenvalue weighted by molar-refractivity contribution is 0.462. The first-order chi connectivity index (χ1) is 8.74. The summed E-state index contributed by atoms with van der Waals surface area (Å²) in [7, 11) is 0. The Morgan fingerprint density at radius 2 is 2.22 bits per heavy atom. The first-order valence-corrected chi connectivity index (χ1v) is 6.55. The summed E-state index contributed by atoms with van der Waals surface area (Å²) in [6.45, 7) is 4.17. The maximum Gasteiger partial charge on any atom is 0.116 e. The lowest BCUT2D eigenvalue weighted by Gasteiger charge is -2.24. The molecule has 0 amide bonds. The number of phenols is 1. The van der Waals surface area contributed by atoms with E-state index in [1.807, 2.05) is 19.1 Å². The van der Waals surface area contributed by atoms with Crippen LogP contribution in [0.4, 0.5) is 0 Å². The molecule has 1 fully saturated rings. The van der Waals surface area contributed by atoms with Crippen LogP contribution in [0.5, 0.6) is 5.75 Å². The number of pyridine rings is 1. The third kappa shape index (κ3) is 2.06. The predicted molar refractivity (Wildman–Crippen MR) is 73.0 cm³/mol. The van der Waals surface area contributed by atoms with E-state index in [0.29, 0.717) is 11.7 Å². The van der Waals surface area contributed by atoms with Crippen LogP contribution in [0.15, 0.2) is 24.3 Å². The third-order valence-electron chi connectivity index (χ3n) is 3.69. The number of aryl methyl sites for hydroxylation is 1. The van der Waals surface area contributed by atoms with Crippen molar-refractivity contribution in [2.75, 3.05) is 13.1 Å². The van der Waals surface area contributed by atoms with Gasteiger partial charge in [-0.15, -0.1) is 0 Å². The standard InChI is InChI=1S/C15H18N2O/c1-10-7-13(11-3-2-6-16-9-11)14-8-12(18)4-5-15(14)17-10/h4-5,7-8,11,16,18H,2-3,6,9H2,1H3. The Hall–Kier alpha value is -1.61. The lowest BCUT2D eigenvalue weighted by Crippen LogP contribution is -2.28. The molecule has 1 aromatic carbocycles. The minimum absolute atomic E-state index is 0.318. The summed E-state index contributed by atoms with van der Waals surface area (Å²) in [6.07, 6.45) is 2.42. The Morgan fingerprint density at radius 3 is 3.00 bits per heavy atom. The van der Waals surface area contributed by atoms with Gasteiger partial charge in [-0.25, -0.2) is 0 Å². The number of piperidine rings is 1. The largest absolute Gasteiger partial charge is 0.508 e. The Labute approximate surface area is 107 Å². The monoisotopic (exact) mass is 242 g/mol. The molecule has 18 heavy (non-hydrogen) atoms. The zero-order valence-electron chi connectivity index (χ0n) is 10.6. The van der Waals surface area contributed by atoms with Crippen molar-refractivity contribution in [3.05, 3.63) is 35.5 Å². The smallest absolute Gasteiger partial charge is 0.116 e. The SMILES string of the molecule is Cc1cc(C2CCCNC2)c2cc(O)ccc2n1. The average Bonchev–Trinajstić information content (AvgIpc) is 2.39. The van der Waals surface area contributed by atoms with E-state index in [1.54, 1.807) is 6.07 Å². The van der Waals surface area contributed by atoms with Crippen LogP contribution in [0.2, 0.25) is 0 Å². The lowest BCUT2D eigenvalue weighted by atomic mass is 9.89. The Morgan fingerprint density at radius 1 is 1.33 bits per heavy atom. The minimum atomic E-state index is 0.318. The number of nitrogens with zero attached hydrogens (tertiary/aromatic N) is 1. The molecule has 1 atom stereocenters. The van der Waals surface area contributed by atoms with Gasteiger partial charge >= 0.3 is 0 Å². The van der Waals surface area contributed by atoms with Gasteiger partial charge in [-0.2, -0.15) is 0 Å². The molecule has 3 heteroatoms. The molecule has 0 saturated carbocycles. The van der Waals surface area contributed by atoms with Gasteiger partial charge in [-0.1, -0.05) is 0 Å². The third-order valence-corrected chi connectivity index (χ3v) is 3.69. The fourth-order valence-corrected chi connectivity index (χ4v) is 2.83. The molecule has 1 aliphatic heterocycles. The van der Waals surface area contributed by atoms with Crippen LogP contribution in [0.1, 0.15) is 30.0 Å². The number of fused-ring (bicyclic) bond motifs is 1. The van der Waals surface area contributed by atoms with Gasteiger partial charge in [0.25, 0.3) is 0 Å². The number of nitrogens with one attached hydrogen (secondary N) is 1. The van der Waals surface area contributed by atoms with E-state index < -0.39 is 0 Å². The van der Waals surface area contributed by atoms with Crippen molar-refractivity contribution in [1.82, 2.24) is 10.3 Å².